The summed E-state index contributed by atoms with van der Waals surface area (Å²) in [4.78, 5) is 25.1. The van der Waals surface area contributed by atoms with E-state index in [0.29, 0.717) is 27.4 Å². The van der Waals surface area contributed by atoms with E-state index in [0.717, 1.165) is 5.01 Å². The van der Waals surface area contributed by atoms with E-state index in [2.05, 4.69) is 0 Å². The van der Waals surface area contributed by atoms with Gasteiger partial charge in [-0.15, -0.1) is 0 Å². The molecule has 1 aliphatic heterocycles. The van der Waals surface area contributed by atoms with Crippen LogP contribution in [0.4, 0.5) is 0 Å². The number of hydrogen-bond acceptors (Lipinski definition) is 6. The molecule has 0 aliphatic carbocycles. The van der Waals surface area contributed by atoms with Crippen LogP contribution in [0.1, 0.15) is 27.6 Å². The molecule has 7 nitrogen and oxygen atoms in total. The molecule has 2 aromatic rings. The topological polar surface area (TPSA) is 79.3 Å². The van der Waals surface area contributed by atoms with Gasteiger partial charge in [-0.1, -0.05) is 17.3 Å². The molecule has 0 fully saturated rings. The minimum absolute atomic E-state index is 0.101. The van der Waals surface area contributed by atoms with Crippen molar-refractivity contribution in [3.05, 3.63) is 35.4 Å². The fraction of sp³-hybridized carbons (Fsp3) is 0.250. The lowest BCUT2D eigenvalue weighted by atomic mass is 9.98. The van der Waals surface area contributed by atoms with E-state index in [1.54, 1.807) is 25.1 Å². The fourth-order valence-corrected chi connectivity index (χ4v) is 2.81. The molecule has 0 radical (unpaired) electrons. The van der Waals surface area contributed by atoms with Crippen molar-refractivity contribution in [1.29, 1.82) is 0 Å². The summed E-state index contributed by atoms with van der Waals surface area (Å²) in [5.74, 6) is -0.190. The van der Waals surface area contributed by atoms with Crippen LogP contribution in [-0.4, -0.2) is 48.0 Å². The van der Waals surface area contributed by atoms with E-state index in [1.807, 2.05) is 0 Å². The van der Waals surface area contributed by atoms with Crippen LogP contribution >= 0.6 is 0 Å². The van der Waals surface area contributed by atoms with Gasteiger partial charge in [0, 0.05) is 11.9 Å². The van der Waals surface area contributed by atoms with Gasteiger partial charge in [-0.05, 0) is 19.1 Å². The fourth-order valence-electron chi connectivity index (χ4n) is 2.81. The van der Waals surface area contributed by atoms with Gasteiger partial charge in [-0.25, -0.2) is 0 Å². The molecular formula is C16H16N2O5. The average molecular weight is 316 g/mol. The third-order valence-corrected chi connectivity index (χ3v) is 3.87. The summed E-state index contributed by atoms with van der Waals surface area (Å²) >= 11 is 0. The van der Waals surface area contributed by atoms with Crippen molar-refractivity contribution in [3.63, 3.8) is 0 Å². The van der Waals surface area contributed by atoms with Crippen LogP contribution in [0.5, 0.6) is 11.5 Å². The Bertz CT molecular complexity index is 818. The Balaban J connectivity index is 2.35. The lowest BCUT2D eigenvalue weighted by Gasteiger charge is -2.21. The maximum atomic E-state index is 12.6. The highest BCUT2D eigenvalue weighted by molar-refractivity contribution is 6.27. The van der Waals surface area contributed by atoms with Crippen LogP contribution in [0.25, 0.3) is 10.8 Å². The number of ether oxygens (including phenoxy) is 2. The molecule has 1 aliphatic rings. The number of nitrogens with zero attached hydrogens (tertiary/aromatic N) is 2. The van der Waals surface area contributed by atoms with Crippen molar-refractivity contribution in [3.8, 4) is 11.5 Å². The third kappa shape index (κ3) is 2.05. The number of carbonyl (C=O) groups excluding carboxylic acids is 2. The Hall–Kier alpha value is -2.64. The predicted molar refractivity (Wildman–Crippen MR) is 81.7 cm³/mol. The Labute approximate surface area is 132 Å². The largest absolute Gasteiger partial charge is 0.496 e. The number of methoxy groups -OCH3 is 2. The molecule has 1 heterocycles. The minimum Gasteiger partial charge on any atom is -0.496 e. The van der Waals surface area contributed by atoms with Crippen LogP contribution < -0.4 is 9.47 Å². The summed E-state index contributed by atoms with van der Waals surface area (Å²) in [5.41, 5.74) is 0.428. The van der Waals surface area contributed by atoms with E-state index in [1.165, 1.54) is 20.3 Å². The molecule has 7 heteroatoms. The van der Waals surface area contributed by atoms with Crippen molar-refractivity contribution in [1.82, 2.24) is 10.2 Å². The molecule has 0 unspecified atom stereocenters. The molecule has 0 atom stereocenters. The Morgan fingerprint density at radius 1 is 1.13 bits per heavy atom. The summed E-state index contributed by atoms with van der Waals surface area (Å²) in [6.07, 6.45) is 0. The predicted octanol–water partition coefficient (Wildman–Crippen LogP) is 2.08. The smallest absolute Gasteiger partial charge is 0.278 e. The van der Waals surface area contributed by atoms with Crippen molar-refractivity contribution in [2.45, 2.75) is 6.92 Å². The van der Waals surface area contributed by atoms with Gasteiger partial charge in [0.2, 0.25) is 0 Å². The first-order valence-electron chi connectivity index (χ1n) is 7.07. The van der Waals surface area contributed by atoms with Crippen molar-refractivity contribution >= 4 is 22.6 Å². The molecule has 0 saturated carbocycles. The van der Waals surface area contributed by atoms with Crippen molar-refractivity contribution < 1.29 is 24.3 Å². The summed E-state index contributed by atoms with van der Waals surface area (Å²) in [6, 6.07) is 6.71. The maximum Gasteiger partial charge on any atom is 0.278 e. The third-order valence-electron chi connectivity index (χ3n) is 3.87. The van der Waals surface area contributed by atoms with Gasteiger partial charge in [-0.2, -0.15) is 5.01 Å². The number of hydrazine groups is 1. The van der Waals surface area contributed by atoms with Gasteiger partial charge in [0.15, 0.2) is 0 Å². The highest BCUT2D eigenvalue weighted by Crippen LogP contribution is 2.40. The lowest BCUT2D eigenvalue weighted by molar-refractivity contribution is -0.194. The van der Waals surface area contributed by atoms with Gasteiger partial charge in [-0.3, -0.25) is 14.8 Å². The highest BCUT2D eigenvalue weighted by Gasteiger charge is 2.41. The van der Waals surface area contributed by atoms with E-state index in [9.17, 15) is 14.8 Å². The Morgan fingerprint density at radius 2 is 1.83 bits per heavy atom. The number of carbonyl (C=O) groups is 2. The molecule has 2 amide bonds. The number of hydrogen-bond donors (Lipinski definition) is 1. The van der Waals surface area contributed by atoms with Gasteiger partial charge in [0.25, 0.3) is 11.8 Å². The number of hydroxylamine groups is 1. The summed E-state index contributed by atoms with van der Waals surface area (Å²) in [6.45, 7) is 1.73. The first kappa shape index (κ1) is 15.3. The van der Waals surface area contributed by atoms with Gasteiger partial charge in [0.05, 0.1) is 30.7 Å². The molecule has 0 spiro atoms. The van der Waals surface area contributed by atoms with Gasteiger partial charge < -0.3 is 9.47 Å². The first-order valence-corrected chi connectivity index (χ1v) is 7.07. The molecule has 3 rings (SSSR count). The first-order chi connectivity index (χ1) is 11.0. The molecule has 1 N–H and O–H groups in total. The summed E-state index contributed by atoms with van der Waals surface area (Å²) < 4.78 is 10.7. The number of rotatable bonds is 4. The zero-order chi connectivity index (χ0) is 16.7. The molecule has 120 valence electrons. The zero-order valence-electron chi connectivity index (χ0n) is 13.0. The van der Waals surface area contributed by atoms with Crippen LogP contribution in [0.3, 0.4) is 0 Å². The van der Waals surface area contributed by atoms with Crippen LogP contribution in [0.15, 0.2) is 24.3 Å². The maximum absolute atomic E-state index is 12.6. The average Bonchev–Trinajstić information content (AvgIpc) is 2.83. The number of imide groups is 1. The van der Waals surface area contributed by atoms with Gasteiger partial charge >= 0.3 is 0 Å². The lowest BCUT2D eigenvalue weighted by Crippen LogP contribution is -2.44. The Morgan fingerprint density at radius 3 is 2.43 bits per heavy atom. The van der Waals surface area contributed by atoms with E-state index >= 15 is 0 Å². The molecular weight excluding hydrogens is 300 g/mol. The second kappa shape index (κ2) is 5.53. The monoisotopic (exact) mass is 316 g/mol. The molecule has 23 heavy (non-hydrogen) atoms. The molecule has 0 saturated heterocycles. The Kier molecular flexibility index (Phi) is 3.67. The van der Waals surface area contributed by atoms with Crippen molar-refractivity contribution in [2.75, 3.05) is 20.8 Å². The second-order valence-corrected chi connectivity index (χ2v) is 4.99. The van der Waals surface area contributed by atoms with Crippen LogP contribution in [0.2, 0.25) is 0 Å². The highest BCUT2D eigenvalue weighted by atomic mass is 16.6. The minimum atomic E-state index is -0.586. The van der Waals surface area contributed by atoms with E-state index in [-0.39, 0.29) is 17.7 Å². The van der Waals surface area contributed by atoms with Crippen LogP contribution in [0, 0.1) is 0 Å². The van der Waals surface area contributed by atoms with Gasteiger partial charge in [0.1, 0.15) is 11.5 Å². The standard InChI is InChI=1S/C16H16N2O5/c1-4-17(21)18-15(19)10-8-12(23-3)14-9(13(10)16(18)20)6-5-7-11(14)22-2/h5-8,21H,4H2,1-3H3. The molecule has 0 aromatic heterocycles. The summed E-state index contributed by atoms with van der Waals surface area (Å²) in [5, 5.41) is 12.3. The quantitative estimate of drug-likeness (QED) is 0.687. The summed E-state index contributed by atoms with van der Waals surface area (Å²) in [7, 11) is 3.00. The van der Waals surface area contributed by atoms with Crippen LogP contribution in [-0.2, 0) is 0 Å². The number of benzene rings is 2. The normalized spacial score (nSPS) is 13.9. The number of amides is 2. The number of fused-ring (bicyclic) bond motifs is 3. The van der Waals surface area contributed by atoms with Crippen molar-refractivity contribution in [2.24, 2.45) is 0 Å². The second-order valence-electron chi connectivity index (χ2n) is 4.99. The zero-order valence-corrected chi connectivity index (χ0v) is 13.0. The van der Waals surface area contributed by atoms with E-state index in [4.69, 9.17) is 9.47 Å². The molecule has 2 aromatic carbocycles. The van der Waals surface area contributed by atoms with E-state index < -0.39 is 11.8 Å². The SMILES string of the molecule is CCN(O)N1C(=O)c2cc(OC)c3c(OC)cccc3c2C1=O. The molecule has 0 bridgehead atoms.